The first-order chi connectivity index (χ1) is 13.9. The molecule has 2 N–H and O–H groups in total. The van der Waals surface area contributed by atoms with Gasteiger partial charge < -0.3 is 20.1 Å². The van der Waals surface area contributed by atoms with E-state index in [1.807, 2.05) is 0 Å². The summed E-state index contributed by atoms with van der Waals surface area (Å²) in [4.78, 5) is 23.5. The smallest absolute Gasteiger partial charge is 0.475 e. The second-order valence-corrected chi connectivity index (χ2v) is 9.69. The van der Waals surface area contributed by atoms with E-state index in [1.165, 1.54) is 23.4 Å². The van der Waals surface area contributed by atoms with Crippen molar-refractivity contribution in [2.24, 2.45) is 5.92 Å². The average molecular weight is 459 g/mol. The number of hydrogen-bond acceptors (Lipinski definition) is 6. The van der Waals surface area contributed by atoms with Gasteiger partial charge in [-0.1, -0.05) is 0 Å². The number of fused-ring (bicyclic) bond motifs is 1. The summed E-state index contributed by atoms with van der Waals surface area (Å²) in [6, 6.07) is 0. The van der Waals surface area contributed by atoms with E-state index in [0.29, 0.717) is 32.0 Å². The van der Waals surface area contributed by atoms with Crippen molar-refractivity contribution in [3.05, 3.63) is 0 Å². The second kappa shape index (κ2) is 10.2. The fourth-order valence-electron chi connectivity index (χ4n) is 3.83. The van der Waals surface area contributed by atoms with Crippen LogP contribution < -0.4 is 5.32 Å². The Labute approximate surface area is 173 Å². The lowest BCUT2D eigenvalue weighted by molar-refractivity contribution is -0.192. The largest absolute Gasteiger partial charge is 0.490 e. The van der Waals surface area contributed by atoms with Crippen LogP contribution in [-0.4, -0.2) is 98.5 Å². The van der Waals surface area contributed by atoms with E-state index in [4.69, 9.17) is 14.6 Å². The predicted molar refractivity (Wildman–Crippen MR) is 100 cm³/mol. The van der Waals surface area contributed by atoms with Crippen LogP contribution in [0.5, 0.6) is 0 Å². The highest BCUT2D eigenvalue weighted by molar-refractivity contribution is 7.88. The lowest BCUT2D eigenvalue weighted by atomic mass is 9.93. The van der Waals surface area contributed by atoms with E-state index < -0.39 is 28.3 Å². The minimum absolute atomic E-state index is 0.0514. The number of rotatable bonds is 5. The third-order valence-electron chi connectivity index (χ3n) is 5.44. The van der Waals surface area contributed by atoms with Crippen molar-refractivity contribution >= 4 is 21.9 Å². The first-order valence-corrected chi connectivity index (χ1v) is 11.6. The van der Waals surface area contributed by atoms with E-state index in [1.54, 1.807) is 0 Å². The van der Waals surface area contributed by atoms with Gasteiger partial charge in [0, 0.05) is 26.2 Å². The van der Waals surface area contributed by atoms with Crippen molar-refractivity contribution in [3.63, 3.8) is 0 Å². The van der Waals surface area contributed by atoms with Gasteiger partial charge in [0.1, 0.15) is 6.10 Å². The van der Waals surface area contributed by atoms with Gasteiger partial charge in [-0.2, -0.15) is 17.5 Å². The molecule has 0 unspecified atom stereocenters. The summed E-state index contributed by atoms with van der Waals surface area (Å²) >= 11 is 0. The average Bonchev–Trinajstić information content (AvgIpc) is 3.29. The number of aliphatic carboxylic acids is 1. The molecule has 3 aliphatic heterocycles. The zero-order valence-corrected chi connectivity index (χ0v) is 17.5. The van der Waals surface area contributed by atoms with Crippen molar-refractivity contribution in [2.45, 2.75) is 44.1 Å². The molecule has 0 aromatic heterocycles. The van der Waals surface area contributed by atoms with Crippen molar-refractivity contribution < 1.29 is 41.0 Å². The van der Waals surface area contributed by atoms with Crippen LogP contribution in [-0.2, 0) is 24.3 Å². The SMILES string of the molecule is CS(=O)(=O)N1CC[C@H]2C[C@@H](C(=O)NCCN3CCCC3)O[C@@H]2C1.O=C(O)C(F)(F)F. The second-order valence-electron chi connectivity index (χ2n) is 7.71. The van der Waals surface area contributed by atoms with E-state index >= 15 is 0 Å². The van der Waals surface area contributed by atoms with Gasteiger partial charge in [0.05, 0.1) is 12.4 Å². The summed E-state index contributed by atoms with van der Waals surface area (Å²) in [5, 5.41) is 10.1. The van der Waals surface area contributed by atoms with Crippen LogP contribution in [0.4, 0.5) is 13.2 Å². The van der Waals surface area contributed by atoms with Crippen molar-refractivity contribution in [2.75, 3.05) is 45.5 Å². The standard InChI is InChI=1S/C15H27N3O4S.C2HF3O2/c1-23(20,21)18-8-4-12-10-13(22-14(12)11-18)15(19)16-5-9-17-6-2-3-7-17;3-2(4,5)1(6)7/h12-14H,2-11H2,1H3,(H,16,19);(H,6,7)/t12-,13-,14+;/m0./s1. The Kier molecular flexibility index (Phi) is 8.48. The Bertz CT molecular complexity index is 712. The summed E-state index contributed by atoms with van der Waals surface area (Å²) in [6.07, 6.45) is -0.451. The Morgan fingerprint density at radius 3 is 2.33 bits per heavy atom. The number of nitrogens with zero attached hydrogens (tertiary/aromatic N) is 2. The van der Waals surface area contributed by atoms with Gasteiger partial charge in [0.25, 0.3) is 0 Å². The molecule has 13 heteroatoms. The van der Waals surface area contributed by atoms with E-state index in [9.17, 15) is 26.4 Å². The fourth-order valence-corrected chi connectivity index (χ4v) is 4.68. The monoisotopic (exact) mass is 459 g/mol. The van der Waals surface area contributed by atoms with Crippen LogP contribution in [0.3, 0.4) is 0 Å². The van der Waals surface area contributed by atoms with Gasteiger partial charge in [0.2, 0.25) is 15.9 Å². The first-order valence-electron chi connectivity index (χ1n) is 9.78. The van der Waals surface area contributed by atoms with Gasteiger partial charge in [-0.3, -0.25) is 4.79 Å². The number of carboxylic acid groups (broad SMARTS) is 1. The summed E-state index contributed by atoms with van der Waals surface area (Å²) in [5.41, 5.74) is 0. The van der Waals surface area contributed by atoms with Crippen molar-refractivity contribution in [3.8, 4) is 0 Å². The summed E-state index contributed by atoms with van der Waals surface area (Å²) in [5.74, 6) is -2.51. The Balaban J connectivity index is 0.000000396. The molecule has 0 spiro atoms. The number of likely N-dealkylation sites (tertiary alicyclic amines) is 1. The molecule has 1 amide bonds. The van der Waals surface area contributed by atoms with Crippen LogP contribution in [0.15, 0.2) is 0 Å². The van der Waals surface area contributed by atoms with E-state index in [0.717, 1.165) is 26.1 Å². The first kappa shape index (κ1) is 24.8. The Hall–Kier alpha value is -1.44. The number of carboxylic acids is 1. The number of alkyl halides is 3. The molecule has 174 valence electrons. The number of halogens is 3. The lowest BCUT2D eigenvalue weighted by Gasteiger charge is -2.32. The third-order valence-corrected chi connectivity index (χ3v) is 6.71. The molecule has 3 saturated heterocycles. The lowest BCUT2D eigenvalue weighted by Crippen LogP contribution is -2.45. The number of sulfonamides is 1. The van der Waals surface area contributed by atoms with E-state index in [-0.39, 0.29) is 12.0 Å². The van der Waals surface area contributed by atoms with Crippen LogP contribution in [0.25, 0.3) is 0 Å². The van der Waals surface area contributed by atoms with E-state index in [2.05, 4.69) is 10.2 Å². The highest BCUT2D eigenvalue weighted by atomic mass is 32.2. The normalized spacial score (nSPS) is 27.8. The van der Waals surface area contributed by atoms with Crippen molar-refractivity contribution in [1.82, 2.24) is 14.5 Å². The van der Waals surface area contributed by atoms with Crippen LogP contribution in [0.2, 0.25) is 0 Å². The number of carbonyl (C=O) groups is 2. The summed E-state index contributed by atoms with van der Waals surface area (Å²) in [6.45, 7) is 4.72. The molecule has 3 heterocycles. The molecule has 3 aliphatic rings. The number of piperidine rings is 1. The number of amides is 1. The van der Waals surface area contributed by atoms with Gasteiger partial charge in [-0.05, 0) is 44.7 Å². The highest BCUT2D eigenvalue weighted by Gasteiger charge is 2.43. The quantitative estimate of drug-likeness (QED) is 0.606. The summed E-state index contributed by atoms with van der Waals surface area (Å²) < 4.78 is 62.3. The number of hydrogen-bond donors (Lipinski definition) is 2. The molecular formula is C17H28F3N3O6S. The van der Waals surface area contributed by atoms with Crippen LogP contribution >= 0.6 is 0 Å². The minimum atomic E-state index is -5.08. The molecule has 9 nitrogen and oxygen atoms in total. The topological polar surface area (TPSA) is 116 Å². The zero-order valence-electron chi connectivity index (χ0n) is 16.7. The highest BCUT2D eigenvalue weighted by Crippen LogP contribution is 2.34. The predicted octanol–water partition coefficient (Wildman–Crippen LogP) is 0.271. The van der Waals surface area contributed by atoms with Gasteiger partial charge in [0.15, 0.2) is 0 Å². The van der Waals surface area contributed by atoms with Crippen LogP contribution in [0, 0.1) is 5.92 Å². The van der Waals surface area contributed by atoms with Gasteiger partial charge in [-0.25, -0.2) is 13.2 Å². The zero-order chi connectivity index (χ0) is 22.5. The molecule has 0 aromatic carbocycles. The number of carbonyl (C=O) groups excluding carboxylic acids is 1. The molecule has 0 aliphatic carbocycles. The number of nitrogens with one attached hydrogen (secondary N) is 1. The third kappa shape index (κ3) is 7.36. The van der Waals surface area contributed by atoms with Gasteiger partial charge >= 0.3 is 12.1 Å². The minimum Gasteiger partial charge on any atom is -0.475 e. The van der Waals surface area contributed by atoms with Crippen LogP contribution in [0.1, 0.15) is 25.7 Å². The maximum Gasteiger partial charge on any atom is 0.490 e. The maximum absolute atomic E-state index is 12.3. The molecule has 3 atom stereocenters. The molecule has 3 rings (SSSR count). The summed E-state index contributed by atoms with van der Waals surface area (Å²) in [7, 11) is -3.18. The molecule has 3 fully saturated rings. The van der Waals surface area contributed by atoms with Crippen molar-refractivity contribution in [1.29, 1.82) is 0 Å². The maximum atomic E-state index is 12.3. The molecule has 0 radical (unpaired) electrons. The molecule has 0 bridgehead atoms. The Morgan fingerprint density at radius 1 is 1.20 bits per heavy atom. The molecule has 30 heavy (non-hydrogen) atoms. The fraction of sp³-hybridized carbons (Fsp3) is 0.882. The van der Waals surface area contributed by atoms with Gasteiger partial charge in [-0.15, -0.1) is 0 Å². The Morgan fingerprint density at radius 2 is 1.80 bits per heavy atom. The molecular weight excluding hydrogens is 431 g/mol. The number of ether oxygens (including phenoxy) is 1. The molecule has 0 aromatic rings. The molecule has 0 saturated carbocycles.